The van der Waals surface area contributed by atoms with Crippen LogP contribution in [-0.4, -0.2) is 41.7 Å². The maximum Gasteiger partial charge on any atom is 0.320 e. The minimum atomic E-state index is -0.744. The summed E-state index contributed by atoms with van der Waals surface area (Å²) in [5, 5.41) is 9.20. The molecule has 0 aliphatic carbocycles. The molecule has 1 aliphatic rings. The zero-order chi connectivity index (χ0) is 13.0. The van der Waals surface area contributed by atoms with Gasteiger partial charge in [-0.05, 0) is 12.0 Å². The van der Waals surface area contributed by atoms with Crippen LogP contribution in [0.2, 0.25) is 0 Å². The summed E-state index contributed by atoms with van der Waals surface area (Å²) < 4.78 is 5.73. The first-order valence-corrected chi connectivity index (χ1v) is 6.35. The van der Waals surface area contributed by atoms with Crippen LogP contribution in [-0.2, 0) is 9.53 Å². The molecule has 1 N–H and O–H groups in total. The van der Waals surface area contributed by atoms with E-state index in [4.69, 9.17) is 4.74 Å². The molecule has 1 fully saturated rings. The molecule has 0 saturated carbocycles. The van der Waals surface area contributed by atoms with E-state index in [0.29, 0.717) is 26.1 Å². The van der Waals surface area contributed by atoms with Crippen LogP contribution in [0.25, 0.3) is 0 Å². The lowest BCUT2D eigenvalue weighted by Gasteiger charge is -2.36. The van der Waals surface area contributed by atoms with Crippen LogP contribution >= 0.6 is 0 Å². The van der Waals surface area contributed by atoms with Gasteiger partial charge in [-0.25, -0.2) is 0 Å². The van der Waals surface area contributed by atoms with Gasteiger partial charge in [0, 0.05) is 13.1 Å². The summed E-state index contributed by atoms with van der Waals surface area (Å²) in [5.41, 5.74) is 1.11. The zero-order valence-corrected chi connectivity index (χ0v) is 10.6. The normalized spacial score (nSPS) is 22.6. The Morgan fingerprint density at radius 1 is 1.50 bits per heavy atom. The molecule has 0 amide bonds. The van der Waals surface area contributed by atoms with Gasteiger partial charge in [0.15, 0.2) is 0 Å². The number of benzene rings is 1. The minimum absolute atomic E-state index is 0.0200. The van der Waals surface area contributed by atoms with Crippen molar-refractivity contribution in [3.63, 3.8) is 0 Å². The maximum absolute atomic E-state index is 11.2. The van der Waals surface area contributed by atoms with Gasteiger partial charge in [0.2, 0.25) is 0 Å². The number of nitrogens with zero attached hydrogens (tertiary/aromatic N) is 1. The fourth-order valence-electron chi connectivity index (χ4n) is 2.41. The minimum Gasteiger partial charge on any atom is -0.480 e. The molecule has 2 rings (SSSR count). The van der Waals surface area contributed by atoms with Crippen LogP contribution in [0, 0.1) is 0 Å². The molecule has 0 aromatic heterocycles. The number of rotatable bonds is 4. The van der Waals surface area contributed by atoms with Gasteiger partial charge >= 0.3 is 5.97 Å². The van der Waals surface area contributed by atoms with E-state index in [2.05, 4.69) is 0 Å². The summed E-state index contributed by atoms with van der Waals surface area (Å²) in [4.78, 5) is 13.2. The quantitative estimate of drug-likeness (QED) is 0.885. The van der Waals surface area contributed by atoms with E-state index in [1.54, 1.807) is 0 Å². The van der Waals surface area contributed by atoms with E-state index in [1.165, 1.54) is 0 Å². The first-order chi connectivity index (χ1) is 8.72. The molecule has 2 unspecified atom stereocenters. The second-order valence-corrected chi connectivity index (χ2v) is 4.53. The highest BCUT2D eigenvalue weighted by atomic mass is 16.5. The Labute approximate surface area is 107 Å². The lowest BCUT2D eigenvalue weighted by atomic mass is 10.1. The van der Waals surface area contributed by atoms with Crippen LogP contribution in [0.15, 0.2) is 30.3 Å². The second kappa shape index (κ2) is 5.98. The topological polar surface area (TPSA) is 49.8 Å². The Bertz CT molecular complexity index is 393. The largest absolute Gasteiger partial charge is 0.480 e. The molecular weight excluding hydrogens is 230 g/mol. The van der Waals surface area contributed by atoms with Gasteiger partial charge in [-0.2, -0.15) is 0 Å². The molecule has 4 nitrogen and oxygen atoms in total. The van der Waals surface area contributed by atoms with Gasteiger partial charge in [0.05, 0.1) is 12.7 Å². The third-order valence-corrected chi connectivity index (χ3v) is 3.38. The predicted molar refractivity (Wildman–Crippen MR) is 68.4 cm³/mol. The molecular formula is C14H19NO3. The highest BCUT2D eigenvalue weighted by Crippen LogP contribution is 2.23. The lowest BCUT2D eigenvalue weighted by Crippen LogP contribution is -2.48. The molecule has 1 saturated heterocycles. The fraction of sp³-hybridized carbons (Fsp3) is 0.500. The van der Waals surface area contributed by atoms with Crippen molar-refractivity contribution >= 4 is 5.97 Å². The third-order valence-electron chi connectivity index (χ3n) is 3.38. The average Bonchev–Trinajstić information content (AvgIpc) is 2.40. The number of aliphatic carboxylic acids is 1. The Morgan fingerprint density at radius 2 is 2.22 bits per heavy atom. The van der Waals surface area contributed by atoms with Crippen molar-refractivity contribution in [1.29, 1.82) is 0 Å². The number of hydrogen-bond donors (Lipinski definition) is 1. The summed E-state index contributed by atoms with van der Waals surface area (Å²) in [7, 11) is 0. The molecule has 98 valence electrons. The Kier molecular flexibility index (Phi) is 4.33. The lowest BCUT2D eigenvalue weighted by molar-refractivity contribution is -0.147. The smallest absolute Gasteiger partial charge is 0.320 e. The van der Waals surface area contributed by atoms with Crippen molar-refractivity contribution in [2.24, 2.45) is 0 Å². The SMILES string of the molecule is CCC(C(=O)O)N1CCOC(c2ccccc2)C1. The van der Waals surface area contributed by atoms with E-state index in [9.17, 15) is 9.90 Å². The van der Waals surface area contributed by atoms with Crippen molar-refractivity contribution < 1.29 is 14.6 Å². The summed E-state index contributed by atoms with van der Waals surface area (Å²) in [5.74, 6) is -0.744. The number of carbonyl (C=O) groups is 1. The molecule has 0 bridgehead atoms. The van der Waals surface area contributed by atoms with Crippen molar-refractivity contribution in [1.82, 2.24) is 4.90 Å². The molecule has 1 aliphatic heterocycles. The molecule has 2 atom stereocenters. The molecule has 0 radical (unpaired) electrons. The van der Waals surface area contributed by atoms with Gasteiger partial charge in [0.1, 0.15) is 6.04 Å². The number of carboxylic acids is 1. The summed E-state index contributed by atoms with van der Waals surface area (Å²) in [6.07, 6.45) is 0.602. The third kappa shape index (κ3) is 2.89. The summed E-state index contributed by atoms with van der Waals surface area (Å²) in [6, 6.07) is 9.57. The van der Waals surface area contributed by atoms with Crippen molar-refractivity contribution in [3.8, 4) is 0 Å². The van der Waals surface area contributed by atoms with Gasteiger partial charge in [0.25, 0.3) is 0 Å². The van der Waals surface area contributed by atoms with E-state index < -0.39 is 12.0 Å². The Hall–Kier alpha value is -1.39. The van der Waals surface area contributed by atoms with E-state index in [1.807, 2.05) is 42.2 Å². The highest BCUT2D eigenvalue weighted by Gasteiger charge is 2.30. The first kappa shape index (κ1) is 13.1. The molecule has 18 heavy (non-hydrogen) atoms. The molecule has 1 aromatic rings. The molecule has 4 heteroatoms. The van der Waals surface area contributed by atoms with E-state index in [-0.39, 0.29) is 6.10 Å². The maximum atomic E-state index is 11.2. The van der Waals surface area contributed by atoms with Gasteiger partial charge in [-0.15, -0.1) is 0 Å². The van der Waals surface area contributed by atoms with Crippen LogP contribution in [0.5, 0.6) is 0 Å². The van der Waals surface area contributed by atoms with Crippen LogP contribution in [0.3, 0.4) is 0 Å². The first-order valence-electron chi connectivity index (χ1n) is 6.35. The second-order valence-electron chi connectivity index (χ2n) is 4.53. The average molecular weight is 249 g/mol. The Morgan fingerprint density at radius 3 is 2.83 bits per heavy atom. The predicted octanol–water partition coefficient (Wildman–Crippen LogP) is 1.92. The van der Waals surface area contributed by atoms with Gasteiger partial charge in [-0.3, -0.25) is 9.69 Å². The Balaban J connectivity index is 2.07. The number of ether oxygens (including phenoxy) is 1. The van der Waals surface area contributed by atoms with Crippen molar-refractivity contribution in [2.75, 3.05) is 19.7 Å². The molecule has 0 spiro atoms. The monoisotopic (exact) mass is 249 g/mol. The number of carboxylic acid groups (broad SMARTS) is 1. The van der Waals surface area contributed by atoms with Gasteiger partial charge in [-0.1, -0.05) is 37.3 Å². The van der Waals surface area contributed by atoms with Crippen LogP contribution in [0.4, 0.5) is 0 Å². The number of morpholine rings is 1. The van der Waals surface area contributed by atoms with Crippen molar-refractivity contribution in [3.05, 3.63) is 35.9 Å². The van der Waals surface area contributed by atoms with Crippen LogP contribution in [0.1, 0.15) is 25.0 Å². The summed E-state index contributed by atoms with van der Waals surface area (Å²) >= 11 is 0. The van der Waals surface area contributed by atoms with E-state index >= 15 is 0 Å². The highest BCUT2D eigenvalue weighted by molar-refractivity contribution is 5.73. The fourth-order valence-corrected chi connectivity index (χ4v) is 2.41. The van der Waals surface area contributed by atoms with Crippen molar-refractivity contribution in [2.45, 2.75) is 25.5 Å². The zero-order valence-electron chi connectivity index (χ0n) is 10.6. The number of hydrogen-bond acceptors (Lipinski definition) is 3. The standard InChI is InChI=1S/C14H19NO3/c1-2-12(14(16)17)15-8-9-18-13(10-15)11-6-4-3-5-7-11/h3-7,12-13H,2,8-10H2,1H3,(H,16,17). The van der Waals surface area contributed by atoms with Crippen LogP contribution < -0.4 is 0 Å². The molecule has 1 aromatic carbocycles. The summed E-state index contributed by atoms with van der Waals surface area (Å²) in [6.45, 7) is 3.83. The van der Waals surface area contributed by atoms with E-state index in [0.717, 1.165) is 5.56 Å². The van der Waals surface area contributed by atoms with Gasteiger partial charge < -0.3 is 9.84 Å². The molecule has 1 heterocycles.